The predicted molar refractivity (Wildman–Crippen MR) is 95.1 cm³/mol. The lowest BCUT2D eigenvalue weighted by Crippen LogP contribution is -2.53. The van der Waals surface area contributed by atoms with E-state index in [2.05, 4.69) is 0 Å². The second kappa shape index (κ2) is 6.70. The van der Waals surface area contributed by atoms with Gasteiger partial charge in [-0.25, -0.2) is 8.42 Å². The summed E-state index contributed by atoms with van der Waals surface area (Å²) >= 11 is 0. The van der Waals surface area contributed by atoms with E-state index in [9.17, 15) is 13.2 Å². The van der Waals surface area contributed by atoms with Crippen LogP contribution < -0.4 is 0 Å². The largest absolute Gasteiger partial charge is 0.464 e. The Labute approximate surface area is 149 Å². The molecule has 0 aromatic heterocycles. The molecule has 7 heteroatoms. The third-order valence-electron chi connectivity index (χ3n) is 5.52. The van der Waals surface area contributed by atoms with Gasteiger partial charge in [-0.05, 0) is 49.9 Å². The lowest BCUT2D eigenvalue weighted by molar-refractivity contribution is -0.142. The Kier molecular flexibility index (Phi) is 4.92. The highest BCUT2D eigenvalue weighted by Gasteiger charge is 2.37. The highest BCUT2D eigenvalue weighted by Crippen LogP contribution is 2.29. The van der Waals surface area contributed by atoms with Crippen LogP contribution in [0, 0.1) is 27.7 Å². The number of esters is 1. The van der Waals surface area contributed by atoms with Crippen molar-refractivity contribution in [1.29, 1.82) is 0 Å². The summed E-state index contributed by atoms with van der Waals surface area (Å²) in [5.74, 6) is -0.183. The average molecular weight is 366 g/mol. The minimum absolute atomic E-state index is 0.183. The predicted octanol–water partition coefficient (Wildman–Crippen LogP) is 1.54. The molecule has 1 aromatic carbocycles. The molecule has 6 nitrogen and oxygen atoms in total. The number of aryl methyl sites for hydroxylation is 2. The molecule has 1 atom stereocenters. The average Bonchev–Trinajstić information content (AvgIpc) is 2.99. The summed E-state index contributed by atoms with van der Waals surface area (Å²) < 4.78 is 33.1. The Morgan fingerprint density at radius 3 is 2.04 bits per heavy atom. The van der Waals surface area contributed by atoms with Crippen molar-refractivity contribution in [3.8, 4) is 0 Å². The minimum atomic E-state index is -3.54. The van der Waals surface area contributed by atoms with E-state index in [0.717, 1.165) is 22.3 Å². The van der Waals surface area contributed by atoms with Crippen molar-refractivity contribution in [2.45, 2.75) is 45.1 Å². The molecule has 2 saturated heterocycles. The van der Waals surface area contributed by atoms with Gasteiger partial charge in [-0.15, -0.1) is 0 Å². The Hall–Kier alpha value is -1.44. The Bertz CT molecular complexity index is 770. The standard InChI is InChI=1S/C18H26N2O4S/c1-12-11-13(2)15(4)17(14(12)3)25(22,23)20-8-6-19(7-9-20)16-5-10-24-18(16)21/h11,16H,5-10H2,1-4H3. The molecular formula is C18H26N2O4S. The minimum Gasteiger partial charge on any atom is -0.464 e. The zero-order chi connectivity index (χ0) is 18.4. The molecule has 1 unspecified atom stereocenters. The first-order chi connectivity index (χ1) is 11.7. The van der Waals surface area contributed by atoms with Crippen LogP contribution in [-0.2, 0) is 19.6 Å². The first-order valence-electron chi connectivity index (χ1n) is 8.71. The monoisotopic (exact) mass is 366 g/mol. The Morgan fingerprint density at radius 1 is 1.00 bits per heavy atom. The number of sulfonamides is 1. The number of nitrogens with zero attached hydrogens (tertiary/aromatic N) is 2. The van der Waals surface area contributed by atoms with E-state index in [1.54, 1.807) is 4.31 Å². The van der Waals surface area contributed by atoms with Crippen LogP contribution in [0.1, 0.15) is 28.7 Å². The van der Waals surface area contributed by atoms with Gasteiger partial charge >= 0.3 is 5.97 Å². The molecule has 0 spiro atoms. The van der Waals surface area contributed by atoms with Gasteiger partial charge in [-0.1, -0.05) is 6.07 Å². The second-order valence-corrected chi connectivity index (χ2v) is 8.88. The van der Waals surface area contributed by atoms with Crippen molar-refractivity contribution < 1.29 is 17.9 Å². The third kappa shape index (κ3) is 3.20. The molecule has 2 heterocycles. The molecule has 0 radical (unpaired) electrons. The van der Waals surface area contributed by atoms with Gasteiger partial charge in [-0.3, -0.25) is 9.69 Å². The molecule has 2 aliphatic rings. The third-order valence-corrected chi connectivity index (χ3v) is 7.69. The zero-order valence-electron chi connectivity index (χ0n) is 15.3. The SMILES string of the molecule is Cc1cc(C)c(C)c(S(=O)(=O)N2CCN(C3CCOC3=O)CC2)c1C. The number of hydrogen-bond acceptors (Lipinski definition) is 5. The van der Waals surface area contributed by atoms with Crippen LogP contribution in [-0.4, -0.2) is 62.4 Å². The van der Waals surface area contributed by atoms with Crippen LogP contribution in [0.15, 0.2) is 11.0 Å². The zero-order valence-corrected chi connectivity index (χ0v) is 16.1. The smallest absolute Gasteiger partial charge is 0.323 e. The van der Waals surface area contributed by atoms with Crippen molar-refractivity contribution >= 4 is 16.0 Å². The van der Waals surface area contributed by atoms with E-state index in [-0.39, 0.29) is 12.0 Å². The summed E-state index contributed by atoms with van der Waals surface area (Å²) in [6, 6.07) is 1.82. The molecule has 0 saturated carbocycles. The number of carbonyl (C=O) groups excluding carboxylic acids is 1. The molecule has 2 fully saturated rings. The van der Waals surface area contributed by atoms with Gasteiger partial charge in [0.25, 0.3) is 0 Å². The number of piperazine rings is 1. The van der Waals surface area contributed by atoms with Crippen LogP contribution in [0.3, 0.4) is 0 Å². The Morgan fingerprint density at radius 2 is 1.56 bits per heavy atom. The maximum Gasteiger partial charge on any atom is 0.323 e. The number of benzene rings is 1. The quantitative estimate of drug-likeness (QED) is 0.759. The lowest BCUT2D eigenvalue weighted by Gasteiger charge is -2.36. The maximum absolute atomic E-state index is 13.2. The van der Waals surface area contributed by atoms with E-state index in [1.165, 1.54) is 0 Å². The highest BCUT2D eigenvalue weighted by atomic mass is 32.2. The summed E-state index contributed by atoms with van der Waals surface area (Å²) in [7, 11) is -3.54. The van der Waals surface area contributed by atoms with Crippen molar-refractivity contribution in [3.63, 3.8) is 0 Å². The fourth-order valence-corrected chi connectivity index (χ4v) is 5.77. The number of hydrogen-bond donors (Lipinski definition) is 0. The summed E-state index contributed by atoms with van der Waals surface area (Å²) in [6.45, 7) is 10.0. The molecule has 3 rings (SSSR count). The van der Waals surface area contributed by atoms with E-state index < -0.39 is 10.0 Å². The Balaban J connectivity index is 1.82. The van der Waals surface area contributed by atoms with Crippen LogP contribution >= 0.6 is 0 Å². The van der Waals surface area contributed by atoms with E-state index in [0.29, 0.717) is 44.1 Å². The van der Waals surface area contributed by atoms with Gasteiger partial charge in [0, 0.05) is 32.6 Å². The maximum atomic E-state index is 13.2. The number of ether oxygens (including phenoxy) is 1. The fourth-order valence-electron chi connectivity index (χ4n) is 3.77. The molecule has 138 valence electrons. The van der Waals surface area contributed by atoms with Crippen molar-refractivity contribution in [1.82, 2.24) is 9.21 Å². The fraction of sp³-hybridized carbons (Fsp3) is 0.611. The highest BCUT2D eigenvalue weighted by molar-refractivity contribution is 7.89. The molecule has 0 amide bonds. The van der Waals surface area contributed by atoms with Crippen molar-refractivity contribution in [2.75, 3.05) is 32.8 Å². The van der Waals surface area contributed by atoms with Crippen LogP contribution in [0.5, 0.6) is 0 Å². The number of cyclic esters (lactones) is 1. The molecular weight excluding hydrogens is 340 g/mol. The van der Waals surface area contributed by atoms with Gasteiger partial charge in [0.1, 0.15) is 6.04 Å². The topological polar surface area (TPSA) is 66.9 Å². The summed E-state index contributed by atoms with van der Waals surface area (Å²) in [5, 5.41) is 0. The van der Waals surface area contributed by atoms with Gasteiger partial charge in [-0.2, -0.15) is 4.31 Å². The number of carbonyl (C=O) groups is 1. The van der Waals surface area contributed by atoms with Crippen LogP contribution in [0.2, 0.25) is 0 Å². The molecule has 0 aliphatic carbocycles. The van der Waals surface area contributed by atoms with Crippen LogP contribution in [0.25, 0.3) is 0 Å². The molecule has 1 aromatic rings. The van der Waals surface area contributed by atoms with Gasteiger partial charge in [0.15, 0.2) is 0 Å². The van der Waals surface area contributed by atoms with Gasteiger partial charge < -0.3 is 4.74 Å². The van der Waals surface area contributed by atoms with Crippen molar-refractivity contribution in [2.24, 2.45) is 0 Å². The van der Waals surface area contributed by atoms with E-state index in [4.69, 9.17) is 4.74 Å². The number of rotatable bonds is 3. The van der Waals surface area contributed by atoms with E-state index in [1.807, 2.05) is 38.7 Å². The normalized spacial score (nSPS) is 23.0. The van der Waals surface area contributed by atoms with Gasteiger partial charge in [0.2, 0.25) is 10.0 Å². The molecule has 0 N–H and O–H groups in total. The van der Waals surface area contributed by atoms with Gasteiger partial charge in [0.05, 0.1) is 11.5 Å². The second-order valence-electron chi connectivity index (χ2n) is 7.00. The summed E-state index contributed by atoms with van der Waals surface area (Å²) in [5.41, 5.74) is 3.64. The lowest BCUT2D eigenvalue weighted by atomic mass is 10.0. The molecule has 25 heavy (non-hydrogen) atoms. The van der Waals surface area contributed by atoms with Crippen molar-refractivity contribution in [3.05, 3.63) is 28.3 Å². The molecule has 2 aliphatic heterocycles. The summed E-state index contributed by atoms with van der Waals surface area (Å²) in [6.07, 6.45) is 0.695. The first-order valence-corrected chi connectivity index (χ1v) is 10.2. The molecule has 0 bridgehead atoms. The first kappa shape index (κ1) is 18.4. The van der Waals surface area contributed by atoms with E-state index >= 15 is 0 Å². The van der Waals surface area contributed by atoms with Crippen LogP contribution in [0.4, 0.5) is 0 Å². The summed E-state index contributed by atoms with van der Waals surface area (Å²) in [4.78, 5) is 14.2.